The van der Waals surface area contributed by atoms with Crippen LogP contribution in [0, 0.1) is 6.92 Å². The van der Waals surface area contributed by atoms with Gasteiger partial charge in [0, 0.05) is 12.1 Å². The zero-order valence-corrected chi connectivity index (χ0v) is 14.5. The Morgan fingerprint density at radius 2 is 1.80 bits per heavy atom. The number of amides is 1. The predicted octanol–water partition coefficient (Wildman–Crippen LogP) is 3.81. The number of rotatable bonds is 8. The molecule has 1 amide bonds. The number of carbonyl (C=O) groups is 2. The van der Waals surface area contributed by atoms with E-state index >= 15 is 0 Å². The molecule has 0 heterocycles. The Bertz CT molecular complexity index is 725. The molecule has 0 bridgehead atoms. The highest BCUT2D eigenvalue weighted by molar-refractivity contribution is 5.94. The lowest BCUT2D eigenvalue weighted by Gasteiger charge is -2.18. The maximum atomic E-state index is 12.4. The highest BCUT2D eigenvalue weighted by Crippen LogP contribution is 2.20. The first-order chi connectivity index (χ1) is 12.0. The number of nitrogens with one attached hydrogen (secondary N) is 1. The highest BCUT2D eigenvalue weighted by Gasteiger charge is 2.19. The molecule has 0 fully saturated rings. The maximum Gasteiger partial charge on any atom is 0.303 e. The fraction of sp³-hybridized carbons (Fsp3) is 0.300. The van der Waals surface area contributed by atoms with Gasteiger partial charge in [-0.15, -0.1) is 0 Å². The number of hydrogen-bond donors (Lipinski definition) is 2. The Morgan fingerprint density at radius 3 is 2.40 bits per heavy atom. The van der Waals surface area contributed by atoms with Crippen molar-refractivity contribution in [3.63, 3.8) is 0 Å². The minimum Gasteiger partial charge on any atom is -0.481 e. The third-order valence-corrected chi connectivity index (χ3v) is 3.88. The molecule has 1 atom stereocenters. The molecule has 2 N–H and O–H groups in total. The van der Waals surface area contributed by atoms with E-state index in [2.05, 4.69) is 5.32 Å². The molecule has 2 rings (SSSR count). The Kier molecular flexibility index (Phi) is 6.57. The average molecular weight is 341 g/mol. The first-order valence-electron chi connectivity index (χ1n) is 8.33. The summed E-state index contributed by atoms with van der Waals surface area (Å²) in [4.78, 5) is 23.0. The van der Waals surface area contributed by atoms with Crippen LogP contribution in [-0.4, -0.2) is 23.1 Å². The molecule has 5 nitrogen and oxygen atoms in total. The molecule has 25 heavy (non-hydrogen) atoms. The summed E-state index contributed by atoms with van der Waals surface area (Å²) >= 11 is 0. The summed E-state index contributed by atoms with van der Waals surface area (Å²) in [5.74, 6) is -0.325. The number of aliphatic carboxylic acids is 1. The minimum atomic E-state index is -0.823. The first-order valence-corrected chi connectivity index (χ1v) is 8.33. The molecular formula is C20H23NO4. The Labute approximate surface area is 147 Å². The van der Waals surface area contributed by atoms with Crippen molar-refractivity contribution in [2.45, 2.75) is 39.2 Å². The molecule has 0 saturated carbocycles. The van der Waals surface area contributed by atoms with E-state index in [4.69, 9.17) is 9.84 Å². The third kappa shape index (κ3) is 5.64. The molecule has 5 heteroatoms. The molecular weight excluding hydrogens is 318 g/mol. The smallest absolute Gasteiger partial charge is 0.303 e. The van der Waals surface area contributed by atoms with E-state index in [9.17, 15) is 9.59 Å². The topological polar surface area (TPSA) is 75.6 Å². The summed E-state index contributed by atoms with van der Waals surface area (Å²) in [5.41, 5.74) is 2.57. The normalized spacial score (nSPS) is 11.6. The van der Waals surface area contributed by atoms with E-state index in [0.29, 0.717) is 24.3 Å². The lowest BCUT2D eigenvalue weighted by molar-refractivity contribution is -0.137. The van der Waals surface area contributed by atoms with Crippen molar-refractivity contribution in [1.29, 1.82) is 0 Å². The molecule has 0 aliphatic rings. The molecule has 0 spiro atoms. The Balaban J connectivity index is 1.97. The quantitative estimate of drug-likeness (QED) is 0.765. The van der Waals surface area contributed by atoms with E-state index in [-0.39, 0.29) is 12.3 Å². The fourth-order valence-electron chi connectivity index (χ4n) is 2.39. The molecule has 2 aromatic carbocycles. The molecule has 0 saturated heterocycles. The molecule has 0 aliphatic heterocycles. The van der Waals surface area contributed by atoms with Crippen molar-refractivity contribution in [3.05, 3.63) is 59.7 Å². The van der Waals surface area contributed by atoms with Crippen LogP contribution >= 0.6 is 0 Å². The second-order valence-electron chi connectivity index (χ2n) is 5.86. The Morgan fingerprint density at radius 1 is 1.12 bits per heavy atom. The summed E-state index contributed by atoms with van der Waals surface area (Å²) < 4.78 is 5.84. The molecule has 0 aromatic heterocycles. The first kappa shape index (κ1) is 18.5. The van der Waals surface area contributed by atoms with Crippen molar-refractivity contribution in [2.75, 3.05) is 5.32 Å². The number of carboxylic acids is 1. The minimum absolute atomic E-state index is 0.0912. The number of ether oxygens (including phenoxy) is 1. The summed E-state index contributed by atoms with van der Waals surface area (Å²) in [6.07, 6.45) is 0.537. The van der Waals surface area contributed by atoms with Crippen molar-refractivity contribution in [3.8, 4) is 5.75 Å². The monoisotopic (exact) mass is 341 g/mol. The van der Waals surface area contributed by atoms with Crippen LogP contribution in [0.2, 0.25) is 0 Å². The zero-order valence-electron chi connectivity index (χ0n) is 14.5. The highest BCUT2D eigenvalue weighted by atomic mass is 16.5. The van der Waals surface area contributed by atoms with Crippen LogP contribution in [0.25, 0.3) is 0 Å². The van der Waals surface area contributed by atoms with Crippen molar-refractivity contribution >= 4 is 17.6 Å². The van der Waals surface area contributed by atoms with Gasteiger partial charge in [-0.1, -0.05) is 37.3 Å². The van der Waals surface area contributed by atoms with Crippen LogP contribution in [0.15, 0.2) is 48.5 Å². The van der Waals surface area contributed by atoms with E-state index < -0.39 is 12.1 Å². The van der Waals surface area contributed by atoms with Gasteiger partial charge in [-0.05, 0) is 49.1 Å². The van der Waals surface area contributed by atoms with E-state index in [0.717, 1.165) is 11.1 Å². The van der Waals surface area contributed by atoms with E-state index in [1.165, 1.54) is 0 Å². The molecule has 2 aromatic rings. The van der Waals surface area contributed by atoms with Crippen LogP contribution in [0.4, 0.5) is 5.69 Å². The van der Waals surface area contributed by atoms with Gasteiger partial charge in [-0.25, -0.2) is 0 Å². The standard InChI is InChI=1S/C20H23NO4/c1-3-17(25-18-7-5-4-6-14(18)2)20(24)21-16-11-8-15(9-12-16)10-13-19(22)23/h4-9,11-12,17H,3,10,13H2,1-2H3,(H,21,24)(H,22,23). The maximum absolute atomic E-state index is 12.4. The van der Waals surface area contributed by atoms with E-state index in [1.807, 2.05) is 50.2 Å². The van der Waals surface area contributed by atoms with Crippen LogP contribution in [0.3, 0.4) is 0 Å². The van der Waals surface area contributed by atoms with Crippen LogP contribution < -0.4 is 10.1 Å². The van der Waals surface area contributed by atoms with Gasteiger partial charge in [0.2, 0.25) is 0 Å². The van der Waals surface area contributed by atoms with E-state index in [1.54, 1.807) is 12.1 Å². The number of carboxylic acid groups (broad SMARTS) is 1. The van der Waals surface area contributed by atoms with Crippen LogP contribution in [0.5, 0.6) is 5.75 Å². The molecule has 132 valence electrons. The molecule has 1 unspecified atom stereocenters. The summed E-state index contributed by atoms with van der Waals surface area (Å²) in [6, 6.07) is 14.8. The summed E-state index contributed by atoms with van der Waals surface area (Å²) in [7, 11) is 0. The third-order valence-electron chi connectivity index (χ3n) is 3.88. The van der Waals surface area contributed by atoms with Gasteiger partial charge < -0.3 is 15.2 Å². The van der Waals surface area contributed by atoms with Gasteiger partial charge in [0.25, 0.3) is 5.91 Å². The number of anilines is 1. The zero-order chi connectivity index (χ0) is 18.2. The predicted molar refractivity (Wildman–Crippen MR) is 96.9 cm³/mol. The Hall–Kier alpha value is -2.82. The van der Waals surface area contributed by atoms with Crippen molar-refractivity contribution < 1.29 is 19.4 Å². The van der Waals surface area contributed by atoms with Crippen LogP contribution in [-0.2, 0) is 16.0 Å². The second kappa shape index (κ2) is 8.87. The number of benzene rings is 2. The van der Waals surface area contributed by atoms with Gasteiger partial charge in [-0.2, -0.15) is 0 Å². The van der Waals surface area contributed by atoms with Gasteiger partial charge in [0.1, 0.15) is 5.75 Å². The second-order valence-corrected chi connectivity index (χ2v) is 5.86. The lowest BCUT2D eigenvalue weighted by Crippen LogP contribution is -2.32. The van der Waals surface area contributed by atoms with Gasteiger partial charge in [-0.3, -0.25) is 9.59 Å². The number of para-hydroxylation sites is 1. The number of hydrogen-bond acceptors (Lipinski definition) is 3. The largest absolute Gasteiger partial charge is 0.481 e. The summed E-state index contributed by atoms with van der Waals surface area (Å²) in [6.45, 7) is 3.84. The van der Waals surface area contributed by atoms with Gasteiger partial charge >= 0.3 is 5.97 Å². The van der Waals surface area contributed by atoms with Gasteiger partial charge in [0.05, 0.1) is 0 Å². The lowest BCUT2D eigenvalue weighted by atomic mass is 10.1. The molecule has 0 radical (unpaired) electrons. The average Bonchev–Trinajstić information content (AvgIpc) is 2.60. The van der Waals surface area contributed by atoms with Crippen LogP contribution in [0.1, 0.15) is 30.9 Å². The van der Waals surface area contributed by atoms with Crippen molar-refractivity contribution in [1.82, 2.24) is 0 Å². The number of carbonyl (C=O) groups excluding carboxylic acids is 1. The number of aryl methyl sites for hydroxylation is 2. The van der Waals surface area contributed by atoms with Crippen molar-refractivity contribution in [2.24, 2.45) is 0 Å². The SMILES string of the molecule is CCC(Oc1ccccc1C)C(=O)Nc1ccc(CCC(=O)O)cc1. The van der Waals surface area contributed by atoms with Gasteiger partial charge in [0.15, 0.2) is 6.10 Å². The fourth-order valence-corrected chi connectivity index (χ4v) is 2.39. The molecule has 0 aliphatic carbocycles. The summed E-state index contributed by atoms with van der Waals surface area (Å²) in [5, 5.41) is 11.6.